The number of hydrogen-bond donors (Lipinski definition) is 2. The van der Waals surface area contributed by atoms with Crippen molar-refractivity contribution in [1.82, 2.24) is 15.5 Å². The van der Waals surface area contributed by atoms with Gasteiger partial charge in [0.15, 0.2) is 0 Å². The van der Waals surface area contributed by atoms with Crippen LogP contribution in [0.2, 0.25) is 0 Å². The highest BCUT2D eigenvalue weighted by Crippen LogP contribution is 2.27. The van der Waals surface area contributed by atoms with Crippen LogP contribution in [-0.4, -0.2) is 41.6 Å². The molecule has 116 valence electrons. The van der Waals surface area contributed by atoms with Gasteiger partial charge in [0.05, 0.1) is 17.7 Å². The number of amides is 1. The van der Waals surface area contributed by atoms with Gasteiger partial charge < -0.3 is 5.32 Å². The zero-order chi connectivity index (χ0) is 15.1. The molecule has 1 fully saturated rings. The number of H-pyrrole nitrogens is 1. The van der Waals surface area contributed by atoms with Crippen LogP contribution in [0.1, 0.15) is 37.4 Å². The van der Waals surface area contributed by atoms with Gasteiger partial charge in [-0.2, -0.15) is 5.10 Å². The van der Waals surface area contributed by atoms with Gasteiger partial charge in [0.2, 0.25) is 5.91 Å². The van der Waals surface area contributed by atoms with Crippen molar-refractivity contribution in [1.29, 1.82) is 0 Å². The van der Waals surface area contributed by atoms with E-state index in [1.165, 1.54) is 5.56 Å². The lowest BCUT2D eigenvalue weighted by atomic mass is 9.86. The molecule has 0 bridgehead atoms. The van der Waals surface area contributed by atoms with Gasteiger partial charge in [-0.25, -0.2) is 8.42 Å². The van der Waals surface area contributed by atoms with Gasteiger partial charge in [-0.15, -0.1) is 0 Å². The molecule has 2 aliphatic rings. The Morgan fingerprint density at radius 1 is 1.43 bits per heavy atom. The van der Waals surface area contributed by atoms with Gasteiger partial charge in [-0.05, 0) is 38.2 Å². The molecule has 0 saturated carbocycles. The Hall–Kier alpha value is -1.37. The fourth-order valence-electron chi connectivity index (χ4n) is 3.15. The van der Waals surface area contributed by atoms with E-state index in [0.29, 0.717) is 19.3 Å². The summed E-state index contributed by atoms with van der Waals surface area (Å²) >= 11 is 0. The van der Waals surface area contributed by atoms with Gasteiger partial charge in [0.1, 0.15) is 9.84 Å². The lowest BCUT2D eigenvalue weighted by Crippen LogP contribution is -2.53. The molecule has 1 saturated heterocycles. The van der Waals surface area contributed by atoms with Crippen LogP contribution in [0, 0.1) is 5.92 Å². The fourth-order valence-corrected chi connectivity index (χ4v) is 4.87. The van der Waals surface area contributed by atoms with Crippen molar-refractivity contribution in [2.24, 2.45) is 5.92 Å². The van der Waals surface area contributed by atoms with Crippen molar-refractivity contribution in [3.63, 3.8) is 0 Å². The predicted octanol–water partition coefficient (Wildman–Crippen LogP) is 0.598. The van der Waals surface area contributed by atoms with Crippen molar-refractivity contribution in [2.45, 2.75) is 44.6 Å². The molecule has 0 spiro atoms. The number of nitrogens with one attached hydrogen (secondary N) is 2. The molecule has 6 nitrogen and oxygen atoms in total. The van der Waals surface area contributed by atoms with Crippen LogP contribution in [-0.2, 0) is 27.5 Å². The zero-order valence-corrected chi connectivity index (χ0v) is 13.0. The Bertz CT molecular complexity index is 636. The number of fused-ring (bicyclic) bond motifs is 1. The van der Waals surface area contributed by atoms with Gasteiger partial charge in [-0.3, -0.25) is 9.89 Å². The third kappa shape index (κ3) is 3.12. The van der Waals surface area contributed by atoms with E-state index in [2.05, 4.69) is 15.5 Å². The molecule has 21 heavy (non-hydrogen) atoms. The number of hydrogen-bond acceptors (Lipinski definition) is 4. The molecule has 3 rings (SSSR count). The van der Waals surface area contributed by atoms with Crippen molar-refractivity contribution >= 4 is 15.7 Å². The molecule has 1 amide bonds. The van der Waals surface area contributed by atoms with Crippen LogP contribution in [0.25, 0.3) is 0 Å². The number of nitrogens with zero attached hydrogens (tertiary/aromatic N) is 1. The van der Waals surface area contributed by atoms with Gasteiger partial charge in [-0.1, -0.05) is 0 Å². The van der Waals surface area contributed by atoms with E-state index in [1.54, 1.807) is 0 Å². The Morgan fingerprint density at radius 2 is 2.14 bits per heavy atom. The largest absolute Gasteiger partial charge is 0.351 e. The number of aryl methyl sites for hydroxylation is 1. The summed E-state index contributed by atoms with van der Waals surface area (Å²) in [6, 6.07) is 0. The van der Waals surface area contributed by atoms with Crippen molar-refractivity contribution in [2.75, 3.05) is 11.5 Å². The first kappa shape index (κ1) is 14.6. The average Bonchev–Trinajstić information content (AvgIpc) is 2.90. The molecular formula is C14H21N3O3S. The highest BCUT2D eigenvalue weighted by Gasteiger charge is 2.36. The minimum atomic E-state index is -2.91. The molecule has 2 heterocycles. The maximum absolute atomic E-state index is 12.5. The summed E-state index contributed by atoms with van der Waals surface area (Å²) in [5.74, 6) is 0.323. The lowest BCUT2D eigenvalue weighted by molar-refractivity contribution is -0.127. The summed E-state index contributed by atoms with van der Waals surface area (Å²) in [6.07, 6.45) is 5.22. The quantitative estimate of drug-likeness (QED) is 0.836. The number of aromatic amines is 1. The first-order valence-corrected chi connectivity index (χ1v) is 9.23. The molecule has 1 aromatic rings. The van der Waals surface area contributed by atoms with Crippen LogP contribution in [0.4, 0.5) is 0 Å². The first-order valence-electron chi connectivity index (χ1n) is 7.40. The maximum atomic E-state index is 12.5. The van der Waals surface area contributed by atoms with E-state index >= 15 is 0 Å². The summed E-state index contributed by atoms with van der Waals surface area (Å²) in [6.45, 7) is 1.95. The number of carbonyl (C=O) groups is 1. The Labute approximate surface area is 124 Å². The van der Waals surface area contributed by atoms with E-state index in [9.17, 15) is 13.2 Å². The zero-order valence-electron chi connectivity index (χ0n) is 12.2. The van der Waals surface area contributed by atoms with Crippen molar-refractivity contribution in [3.8, 4) is 0 Å². The molecule has 1 aromatic heterocycles. The minimum absolute atomic E-state index is 0.0389. The minimum Gasteiger partial charge on any atom is -0.351 e. The van der Waals surface area contributed by atoms with Crippen LogP contribution >= 0.6 is 0 Å². The second kappa shape index (κ2) is 5.12. The van der Waals surface area contributed by atoms with E-state index < -0.39 is 15.4 Å². The monoisotopic (exact) mass is 311 g/mol. The maximum Gasteiger partial charge on any atom is 0.223 e. The SMILES string of the molecule is CC1(NC(=O)C2CCc3cn[nH]c3C2)CCS(=O)(=O)CC1. The summed E-state index contributed by atoms with van der Waals surface area (Å²) in [5, 5.41) is 10.1. The van der Waals surface area contributed by atoms with Crippen molar-refractivity contribution in [3.05, 3.63) is 17.5 Å². The molecule has 0 aromatic carbocycles. The van der Waals surface area contributed by atoms with Crippen molar-refractivity contribution < 1.29 is 13.2 Å². The smallest absolute Gasteiger partial charge is 0.223 e. The number of rotatable bonds is 2. The van der Waals surface area contributed by atoms with Crippen LogP contribution in [0.5, 0.6) is 0 Å². The fraction of sp³-hybridized carbons (Fsp3) is 0.714. The summed E-state index contributed by atoms with van der Waals surface area (Å²) in [4.78, 5) is 12.5. The topological polar surface area (TPSA) is 91.9 Å². The van der Waals surface area contributed by atoms with Crippen LogP contribution < -0.4 is 5.32 Å². The molecule has 0 radical (unpaired) electrons. The Morgan fingerprint density at radius 3 is 2.86 bits per heavy atom. The lowest BCUT2D eigenvalue weighted by Gasteiger charge is -2.36. The number of carbonyl (C=O) groups excluding carboxylic acids is 1. The standard InChI is InChI=1S/C14H21N3O3S/c1-14(4-6-21(19,20)7-5-14)16-13(18)10-2-3-11-9-15-17-12(11)8-10/h9-10H,2-8H2,1H3,(H,15,17)(H,16,18). The number of aromatic nitrogens is 2. The summed E-state index contributed by atoms with van der Waals surface area (Å²) in [5.41, 5.74) is 1.86. The molecule has 7 heteroatoms. The van der Waals surface area contributed by atoms with Gasteiger partial charge in [0, 0.05) is 23.6 Å². The molecule has 1 unspecified atom stereocenters. The van der Waals surface area contributed by atoms with Gasteiger partial charge >= 0.3 is 0 Å². The van der Waals surface area contributed by atoms with E-state index in [-0.39, 0.29) is 23.3 Å². The molecule has 1 atom stereocenters. The predicted molar refractivity (Wildman–Crippen MR) is 78.5 cm³/mol. The second-order valence-electron chi connectivity index (χ2n) is 6.52. The molecule has 1 aliphatic heterocycles. The Kier molecular flexibility index (Phi) is 3.55. The number of sulfone groups is 1. The summed E-state index contributed by atoms with van der Waals surface area (Å²) < 4.78 is 23.0. The van der Waals surface area contributed by atoms with E-state index in [4.69, 9.17) is 0 Å². The van der Waals surface area contributed by atoms with E-state index in [1.807, 2.05) is 13.1 Å². The summed E-state index contributed by atoms with van der Waals surface area (Å²) in [7, 11) is -2.91. The Balaban J connectivity index is 1.62. The van der Waals surface area contributed by atoms with Gasteiger partial charge in [0.25, 0.3) is 0 Å². The average molecular weight is 311 g/mol. The third-order valence-electron chi connectivity index (χ3n) is 4.75. The van der Waals surface area contributed by atoms with E-state index in [0.717, 1.165) is 18.5 Å². The molecule has 1 aliphatic carbocycles. The highest BCUT2D eigenvalue weighted by atomic mass is 32.2. The third-order valence-corrected chi connectivity index (χ3v) is 6.40. The highest BCUT2D eigenvalue weighted by molar-refractivity contribution is 7.91. The van der Waals surface area contributed by atoms with Crippen LogP contribution in [0.15, 0.2) is 6.20 Å². The first-order chi connectivity index (χ1) is 9.87. The normalized spacial score (nSPS) is 26.8. The van der Waals surface area contributed by atoms with Crippen LogP contribution in [0.3, 0.4) is 0 Å². The second-order valence-corrected chi connectivity index (χ2v) is 8.82. The molecular weight excluding hydrogens is 290 g/mol. The molecule has 2 N–H and O–H groups in total.